The molecule has 0 fully saturated rings. The molecule has 1 unspecified atom stereocenters. The van der Waals surface area contributed by atoms with Crippen molar-refractivity contribution in [1.29, 1.82) is 0 Å². The number of benzene rings is 2. The van der Waals surface area contributed by atoms with Crippen LogP contribution in [0.25, 0.3) is 0 Å². The monoisotopic (exact) mass is 296 g/mol. The maximum atomic E-state index is 13.7. The van der Waals surface area contributed by atoms with Gasteiger partial charge in [0.25, 0.3) is 5.69 Å². The first kappa shape index (κ1) is 14.8. The summed E-state index contributed by atoms with van der Waals surface area (Å²) in [7, 11) is 0. The lowest BCUT2D eigenvalue weighted by Gasteiger charge is -2.16. The summed E-state index contributed by atoms with van der Waals surface area (Å²) >= 11 is 0. The SMILES string of the molecule is CC(Nc1c(F)cc(F)cc1[N+](=O)[O-])c1ccc(F)cc1. The molecule has 0 heterocycles. The number of anilines is 1. The van der Waals surface area contributed by atoms with Crippen molar-refractivity contribution in [2.24, 2.45) is 0 Å². The molecule has 21 heavy (non-hydrogen) atoms. The van der Waals surface area contributed by atoms with Gasteiger partial charge in [0.05, 0.1) is 11.0 Å². The van der Waals surface area contributed by atoms with Crippen LogP contribution in [0.3, 0.4) is 0 Å². The highest BCUT2D eigenvalue weighted by molar-refractivity contribution is 5.63. The molecule has 7 heteroatoms. The Morgan fingerprint density at radius 3 is 2.29 bits per heavy atom. The fourth-order valence-electron chi connectivity index (χ4n) is 1.90. The highest BCUT2D eigenvalue weighted by Crippen LogP contribution is 2.31. The zero-order valence-electron chi connectivity index (χ0n) is 10.9. The van der Waals surface area contributed by atoms with Gasteiger partial charge in [0.2, 0.25) is 0 Å². The van der Waals surface area contributed by atoms with E-state index in [9.17, 15) is 23.3 Å². The molecule has 2 aromatic carbocycles. The summed E-state index contributed by atoms with van der Waals surface area (Å²) in [4.78, 5) is 10.0. The van der Waals surface area contributed by atoms with Gasteiger partial charge in [-0.15, -0.1) is 0 Å². The van der Waals surface area contributed by atoms with E-state index in [0.29, 0.717) is 17.7 Å². The molecule has 0 saturated carbocycles. The lowest BCUT2D eigenvalue weighted by molar-refractivity contribution is -0.384. The molecular weight excluding hydrogens is 285 g/mol. The fourth-order valence-corrected chi connectivity index (χ4v) is 1.90. The molecule has 0 aliphatic rings. The third-order valence-electron chi connectivity index (χ3n) is 2.96. The maximum absolute atomic E-state index is 13.7. The van der Waals surface area contributed by atoms with Gasteiger partial charge in [0.1, 0.15) is 17.3 Å². The van der Waals surface area contributed by atoms with Crippen molar-refractivity contribution in [3.63, 3.8) is 0 Å². The summed E-state index contributed by atoms with van der Waals surface area (Å²) in [5.74, 6) is -2.51. The molecule has 2 aromatic rings. The minimum absolute atomic E-state index is 0.404. The molecule has 0 saturated heterocycles. The van der Waals surface area contributed by atoms with E-state index in [2.05, 4.69) is 5.32 Å². The Bertz CT molecular complexity index is 675. The molecule has 0 aromatic heterocycles. The second kappa shape index (κ2) is 5.82. The van der Waals surface area contributed by atoms with Crippen LogP contribution in [0.2, 0.25) is 0 Å². The summed E-state index contributed by atoms with van der Waals surface area (Å²) in [5, 5.41) is 13.5. The molecule has 0 spiro atoms. The van der Waals surface area contributed by atoms with Gasteiger partial charge in [0, 0.05) is 12.1 Å². The van der Waals surface area contributed by atoms with Crippen LogP contribution in [-0.2, 0) is 0 Å². The van der Waals surface area contributed by atoms with E-state index in [-0.39, 0.29) is 0 Å². The summed E-state index contributed by atoms with van der Waals surface area (Å²) in [6, 6.07) is 6.08. The molecule has 2 rings (SSSR count). The Morgan fingerprint density at radius 1 is 1.10 bits per heavy atom. The number of nitrogens with one attached hydrogen (secondary N) is 1. The average Bonchev–Trinajstić information content (AvgIpc) is 2.41. The molecule has 0 bridgehead atoms. The predicted octanol–water partition coefficient (Wildman–Crippen LogP) is 4.19. The van der Waals surface area contributed by atoms with Crippen LogP contribution in [0.1, 0.15) is 18.5 Å². The molecule has 0 aliphatic carbocycles. The number of nitro benzene ring substituents is 1. The first-order valence-corrected chi connectivity index (χ1v) is 6.04. The van der Waals surface area contributed by atoms with Gasteiger partial charge >= 0.3 is 0 Å². The van der Waals surface area contributed by atoms with Crippen molar-refractivity contribution in [2.75, 3.05) is 5.32 Å². The lowest BCUT2D eigenvalue weighted by atomic mass is 10.1. The summed E-state index contributed by atoms with van der Waals surface area (Å²) in [5.41, 5.74) is -0.492. The van der Waals surface area contributed by atoms with Gasteiger partial charge in [-0.3, -0.25) is 10.1 Å². The Hall–Kier alpha value is -2.57. The highest BCUT2D eigenvalue weighted by atomic mass is 19.1. The van der Waals surface area contributed by atoms with Crippen LogP contribution < -0.4 is 5.32 Å². The number of nitro groups is 1. The highest BCUT2D eigenvalue weighted by Gasteiger charge is 2.22. The second-order valence-electron chi connectivity index (χ2n) is 4.46. The molecule has 110 valence electrons. The van der Waals surface area contributed by atoms with E-state index in [1.807, 2.05) is 0 Å². The summed E-state index contributed by atoms with van der Waals surface area (Å²) in [6.45, 7) is 1.62. The Kier molecular flexibility index (Phi) is 4.11. The van der Waals surface area contributed by atoms with Crippen molar-refractivity contribution < 1.29 is 18.1 Å². The molecule has 0 amide bonds. The number of nitrogens with zero attached hydrogens (tertiary/aromatic N) is 1. The molecule has 0 aliphatic heterocycles. The van der Waals surface area contributed by atoms with Crippen molar-refractivity contribution in [3.05, 3.63) is 69.5 Å². The van der Waals surface area contributed by atoms with Gasteiger partial charge in [-0.2, -0.15) is 0 Å². The fraction of sp³-hybridized carbons (Fsp3) is 0.143. The molecular formula is C14H11F3N2O2. The topological polar surface area (TPSA) is 55.2 Å². The first-order chi connectivity index (χ1) is 9.88. The van der Waals surface area contributed by atoms with Crippen LogP contribution >= 0.6 is 0 Å². The first-order valence-electron chi connectivity index (χ1n) is 6.04. The van der Waals surface area contributed by atoms with E-state index in [0.717, 1.165) is 0 Å². The van der Waals surface area contributed by atoms with Gasteiger partial charge < -0.3 is 5.32 Å². The van der Waals surface area contributed by atoms with E-state index < -0.39 is 39.8 Å². The molecule has 0 radical (unpaired) electrons. The largest absolute Gasteiger partial charge is 0.371 e. The second-order valence-corrected chi connectivity index (χ2v) is 4.46. The van der Waals surface area contributed by atoms with E-state index in [4.69, 9.17) is 0 Å². The molecule has 1 N–H and O–H groups in total. The van der Waals surface area contributed by atoms with Crippen molar-refractivity contribution in [3.8, 4) is 0 Å². The number of hydrogen-bond donors (Lipinski definition) is 1. The summed E-state index contributed by atoms with van der Waals surface area (Å²) < 4.78 is 39.6. The Labute approximate surface area is 118 Å². The van der Waals surface area contributed by atoms with Crippen LogP contribution in [0.4, 0.5) is 24.5 Å². The zero-order valence-corrected chi connectivity index (χ0v) is 10.9. The van der Waals surface area contributed by atoms with E-state index in [1.165, 1.54) is 24.3 Å². The quantitative estimate of drug-likeness (QED) is 0.680. The van der Waals surface area contributed by atoms with Crippen LogP contribution in [-0.4, -0.2) is 4.92 Å². The Balaban J connectivity index is 2.34. The van der Waals surface area contributed by atoms with Crippen molar-refractivity contribution >= 4 is 11.4 Å². The predicted molar refractivity (Wildman–Crippen MR) is 71.5 cm³/mol. The normalized spacial score (nSPS) is 12.0. The number of halogens is 3. The lowest BCUT2D eigenvalue weighted by Crippen LogP contribution is -2.10. The standard InChI is InChI=1S/C14H11F3N2O2/c1-8(9-2-4-10(15)5-3-9)18-14-12(17)6-11(16)7-13(14)19(20)21/h2-8,18H,1H3. The average molecular weight is 296 g/mol. The van der Waals surface area contributed by atoms with Gasteiger partial charge in [-0.05, 0) is 24.6 Å². The number of hydrogen-bond acceptors (Lipinski definition) is 3. The third kappa shape index (κ3) is 3.31. The van der Waals surface area contributed by atoms with Crippen LogP contribution in [0.5, 0.6) is 0 Å². The minimum atomic E-state index is -1.06. The van der Waals surface area contributed by atoms with Crippen molar-refractivity contribution in [2.45, 2.75) is 13.0 Å². The molecule has 4 nitrogen and oxygen atoms in total. The Morgan fingerprint density at radius 2 is 1.71 bits per heavy atom. The van der Waals surface area contributed by atoms with Crippen LogP contribution in [0.15, 0.2) is 36.4 Å². The zero-order chi connectivity index (χ0) is 15.6. The van der Waals surface area contributed by atoms with E-state index >= 15 is 0 Å². The van der Waals surface area contributed by atoms with Crippen molar-refractivity contribution in [1.82, 2.24) is 0 Å². The van der Waals surface area contributed by atoms with Gasteiger partial charge in [0.15, 0.2) is 5.82 Å². The van der Waals surface area contributed by atoms with Crippen LogP contribution in [0, 0.1) is 27.6 Å². The van der Waals surface area contributed by atoms with Gasteiger partial charge in [-0.1, -0.05) is 12.1 Å². The summed E-state index contributed by atoms with van der Waals surface area (Å²) in [6.07, 6.45) is 0. The van der Waals surface area contributed by atoms with Gasteiger partial charge in [-0.25, -0.2) is 13.2 Å². The maximum Gasteiger partial charge on any atom is 0.298 e. The minimum Gasteiger partial charge on any atom is -0.371 e. The number of rotatable bonds is 4. The third-order valence-corrected chi connectivity index (χ3v) is 2.96. The smallest absolute Gasteiger partial charge is 0.298 e. The molecule has 1 atom stereocenters. The van der Waals surface area contributed by atoms with E-state index in [1.54, 1.807) is 6.92 Å².